The maximum Gasteiger partial charge on any atom is 0.342 e. The number of furan rings is 1. The van der Waals surface area contributed by atoms with Crippen molar-refractivity contribution < 1.29 is 22.4 Å². The molecule has 0 atom stereocenters. The van der Waals surface area contributed by atoms with Gasteiger partial charge in [0.15, 0.2) is 0 Å². The van der Waals surface area contributed by atoms with Gasteiger partial charge in [-0.1, -0.05) is 42.5 Å². The molecule has 4 rings (SSSR count). The molecule has 1 aromatic heterocycles. The number of anilines is 1. The van der Waals surface area contributed by atoms with Gasteiger partial charge in [0, 0.05) is 16.6 Å². The molecule has 32 heavy (non-hydrogen) atoms. The molecule has 0 saturated heterocycles. The fourth-order valence-corrected chi connectivity index (χ4v) is 4.95. The summed E-state index contributed by atoms with van der Waals surface area (Å²) in [6.45, 7) is 5.52. The summed E-state index contributed by atoms with van der Waals surface area (Å²) < 4.78 is 39.9. The summed E-state index contributed by atoms with van der Waals surface area (Å²) in [7, 11) is -3.82. The Kier molecular flexibility index (Phi) is 5.76. The highest BCUT2D eigenvalue weighted by molar-refractivity contribution is 7.92. The van der Waals surface area contributed by atoms with Gasteiger partial charge in [0.2, 0.25) is 0 Å². The second kappa shape index (κ2) is 8.51. The summed E-state index contributed by atoms with van der Waals surface area (Å²) in [6.07, 6.45) is 0. The normalized spacial score (nSPS) is 11.5. The van der Waals surface area contributed by atoms with E-state index >= 15 is 0 Å². The number of hydrogen-bond donors (Lipinski definition) is 1. The molecule has 0 bridgehead atoms. The number of carbonyl (C=O) groups is 1. The van der Waals surface area contributed by atoms with Crippen LogP contribution in [-0.4, -0.2) is 21.0 Å². The maximum atomic E-state index is 13.0. The first-order chi connectivity index (χ1) is 15.3. The molecule has 0 fully saturated rings. The Labute approximate surface area is 186 Å². The minimum absolute atomic E-state index is 0.207. The molecule has 3 aromatic carbocycles. The third kappa shape index (κ3) is 4.11. The van der Waals surface area contributed by atoms with Crippen molar-refractivity contribution in [3.63, 3.8) is 0 Å². The summed E-state index contributed by atoms with van der Waals surface area (Å²) in [4.78, 5) is 13.0. The van der Waals surface area contributed by atoms with E-state index in [2.05, 4.69) is 4.72 Å². The number of rotatable bonds is 6. The van der Waals surface area contributed by atoms with Gasteiger partial charge in [0.1, 0.15) is 16.9 Å². The quantitative estimate of drug-likeness (QED) is 0.382. The number of benzene rings is 3. The summed E-state index contributed by atoms with van der Waals surface area (Å²) in [5.74, 6) is -0.145. The average Bonchev–Trinajstić information content (AvgIpc) is 3.15. The molecule has 0 aliphatic rings. The molecule has 0 aliphatic heterocycles. The molecule has 1 N–H and O–H groups in total. The fraction of sp³-hybridized carbons (Fsp3) is 0.160. The Morgan fingerprint density at radius 2 is 1.75 bits per heavy atom. The van der Waals surface area contributed by atoms with E-state index in [4.69, 9.17) is 9.15 Å². The molecule has 0 amide bonds. The molecule has 4 aromatic rings. The number of hydrogen-bond acceptors (Lipinski definition) is 5. The highest BCUT2D eigenvalue weighted by Crippen LogP contribution is 2.36. The summed E-state index contributed by atoms with van der Waals surface area (Å²) >= 11 is 0. The van der Waals surface area contributed by atoms with Gasteiger partial charge in [-0.05, 0) is 56.2 Å². The highest BCUT2D eigenvalue weighted by Gasteiger charge is 2.24. The van der Waals surface area contributed by atoms with Gasteiger partial charge in [-0.25, -0.2) is 13.2 Å². The highest BCUT2D eigenvalue weighted by atomic mass is 32.2. The smallest absolute Gasteiger partial charge is 0.342 e. The lowest BCUT2D eigenvalue weighted by molar-refractivity contribution is 0.0528. The van der Waals surface area contributed by atoms with Crippen molar-refractivity contribution >= 4 is 32.6 Å². The first kappa shape index (κ1) is 21.6. The van der Waals surface area contributed by atoms with E-state index in [0.29, 0.717) is 28.0 Å². The maximum absolute atomic E-state index is 13.0. The molecular formula is C25H23NO5S. The molecule has 164 valence electrons. The van der Waals surface area contributed by atoms with Crippen LogP contribution >= 0.6 is 0 Å². The second-order valence-electron chi connectivity index (χ2n) is 7.48. The Hall–Kier alpha value is -3.58. The zero-order valence-electron chi connectivity index (χ0n) is 18.0. The predicted molar refractivity (Wildman–Crippen MR) is 124 cm³/mol. The zero-order valence-corrected chi connectivity index (χ0v) is 18.8. The van der Waals surface area contributed by atoms with E-state index in [0.717, 1.165) is 11.1 Å². The number of esters is 1. The van der Waals surface area contributed by atoms with Gasteiger partial charge in [0.05, 0.1) is 11.5 Å². The molecule has 0 saturated carbocycles. The van der Waals surface area contributed by atoms with Crippen LogP contribution in [0.2, 0.25) is 0 Å². The van der Waals surface area contributed by atoms with Crippen LogP contribution in [0, 0.1) is 13.8 Å². The van der Waals surface area contributed by atoms with E-state index in [1.165, 1.54) is 0 Å². The topological polar surface area (TPSA) is 85.6 Å². The Morgan fingerprint density at radius 3 is 2.47 bits per heavy atom. The molecule has 0 radical (unpaired) electrons. The van der Waals surface area contributed by atoms with E-state index in [-0.39, 0.29) is 17.1 Å². The van der Waals surface area contributed by atoms with Crippen LogP contribution in [0.15, 0.2) is 76.0 Å². The Balaban J connectivity index is 1.82. The van der Waals surface area contributed by atoms with Crippen molar-refractivity contribution in [3.05, 3.63) is 83.4 Å². The number of fused-ring (bicyclic) bond motifs is 1. The zero-order chi connectivity index (χ0) is 22.9. The van der Waals surface area contributed by atoms with Crippen molar-refractivity contribution in [1.29, 1.82) is 0 Å². The molecule has 0 spiro atoms. The van der Waals surface area contributed by atoms with Gasteiger partial charge < -0.3 is 9.15 Å². The Bertz CT molecular complexity index is 1410. The average molecular weight is 450 g/mol. The van der Waals surface area contributed by atoms with Crippen molar-refractivity contribution in [3.8, 4) is 11.3 Å². The minimum atomic E-state index is -3.82. The molecular weight excluding hydrogens is 426 g/mol. The summed E-state index contributed by atoms with van der Waals surface area (Å²) in [5, 5.41) is 0.475. The van der Waals surface area contributed by atoms with E-state index in [1.54, 1.807) is 44.2 Å². The minimum Gasteiger partial charge on any atom is -0.462 e. The van der Waals surface area contributed by atoms with Crippen LogP contribution in [0.5, 0.6) is 0 Å². The number of ether oxygens (including phenoxy) is 1. The molecule has 0 unspecified atom stereocenters. The predicted octanol–water partition coefficient (Wildman–Crippen LogP) is 5.69. The third-order valence-electron chi connectivity index (χ3n) is 5.09. The van der Waals surface area contributed by atoms with Crippen LogP contribution in [0.25, 0.3) is 22.3 Å². The lowest BCUT2D eigenvalue weighted by Crippen LogP contribution is -2.14. The van der Waals surface area contributed by atoms with Gasteiger partial charge >= 0.3 is 5.97 Å². The van der Waals surface area contributed by atoms with Gasteiger partial charge in [0.25, 0.3) is 10.0 Å². The van der Waals surface area contributed by atoms with Crippen molar-refractivity contribution in [1.82, 2.24) is 0 Å². The van der Waals surface area contributed by atoms with Gasteiger partial charge in [-0.3, -0.25) is 4.72 Å². The van der Waals surface area contributed by atoms with E-state index in [9.17, 15) is 13.2 Å². The molecule has 0 aliphatic carbocycles. The van der Waals surface area contributed by atoms with Crippen LogP contribution < -0.4 is 4.72 Å². The third-order valence-corrected chi connectivity index (χ3v) is 6.61. The number of aryl methyl sites for hydroxylation is 2. The first-order valence-electron chi connectivity index (χ1n) is 10.2. The van der Waals surface area contributed by atoms with Gasteiger partial charge in [-0.15, -0.1) is 0 Å². The van der Waals surface area contributed by atoms with Gasteiger partial charge in [-0.2, -0.15) is 0 Å². The van der Waals surface area contributed by atoms with Crippen LogP contribution in [0.4, 0.5) is 5.69 Å². The number of nitrogens with one attached hydrogen (secondary N) is 1. The summed E-state index contributed by atoms with van der Waals surface area (Å²) in [6, 6.07) is 19.4. The molecule has 7 heteroatoms. The van der Waals surface area contributed by atoms with Crippen LogP contribution in [0.1, 0.15) is 28.4 Å². The SMILES string of the molecule is CCOC(=O)c1c(-c2ccccc2)oc2ccc(NS(=O)(=O)c3cc(C)ccc3C)cc12. The Morgan fingerprint density at radius 1 is 1.00 bits per heavy atom. The van der Waals surface area contributed by atoms with Crippen molar-refractivity contribution in [2.75, 3.05) is 11.3 Å². The lowest BCUT2D eigenvalue weighted by Gasteiger charge is -2.11. The van der Waals surface area contributed by atoms with Crippen molar-refractivity contribution in [2.45, 2.75) is 25.7 Å². The van der Waals surface area contributed by atoms with Crippen LogP contribution in [0.3, 0.4) is 0 Å². The second-order valence-corrected chi connectivity index (χ2v) is 9.13. The van der Waals surface area contributed by atoms with E-state index in [1.807, 2.05) is 43.3 Å². The van der Waals surface area contributed by atoms with Crippen molar-refractivity contribution in [2.24, 2.45) is 0 Å². The fourth-order valence-electron chi connectivity index (χ4n) is 3.57. The number of sulfonamides is 1. The van der Waals surface area contributed by atoms with E-state index < -0.39 is 16.0 Å². The molecule has 6 nitrogen and oxygen atoms in total. The lowest BCUT2D eigenvalue weighted by atomic mass is 10.1. The number of carbonyl (C=O) groups excluding carboxylic acids is 1. The molecule has 1 heterocycles. The largest absolute Gasteiger partial charge is 0.462 e. The monoisotopic (exact) mass is 449 g/mol. The summed E-state index contributed by atoms with van der Waals surface area (Å²) in [5.41, 5.74) is 3.26. The van der Waals surface area contributed by atoms with Crippen LogP contribution in [-0.2, 0) is 14.8 Å². The first-order valence-corrected chi connectivity index (χ1v) is 11.7. The standard InChI is InChI=1S/C25H23NO5S/c1-4-30-25(27)23-20-15-19(26-32(28,29)22-14-16(2)10-11-17(22)3)12-13-21(20)31-24(23)18-8-6-5-7-9-18/h5-15,26H,4H2,1-3H3.